The molecule has 1 N–H and O–H groups in total. The highest BCUT2D eigenvalue weighted by molar-refractivity contribution is 7.92. The van der Waals surface area contributed by atoms with E-state index in [4.69, 9.17) is 4.42 Å². The number of hydrogen-bond acceptors (Lipinski definition) is 5. The van der Waals surface area contributed by atoms with E-state index in [-0.39, 0.29) is 5.91 Å². The zero-order chi connectivity index (χ0) is 17.2. The van der Waals surface area contributed by atoms with Gasteiger partial charge in [-0.1, -0.05) is 0 Å². The van der Waals surface area contributed by atoms with E-state index in [0.717, 1.165) is 0 Å². The molecule has 1 aromatic rings. The predicted octanol–water partition coefficient (Wildman–Crippen LogP) is 0.662. The molecule has 0 saturated carbocycles. The molecule has 0 aromatic carbocycles. The van der Waals surface area contributed by atoms with Crippen LogP contribution in [0, 0.1) is 13.8 Å². The Morgan fingerprint density at radius 2 is 1.91 bits per heavy atom. The molecule has 1 saturated heterocycles. The zero-order valence-electron chi connectivity index (χ0n) is 13.6. The molecule has 2 heterocycles. The van der Waals surface area contributed by atoms with Crippen LogP contribution < -0.4 is 5.32 Å². The summed E-state index contributed by atoms with van der Waals surface area (Å²) in [6.45, 7) is 4.24. The minimum absolute atomic E-state index is 0.138. The molecule has 0 atom stereocenters. The third kappa shape index (κ3) is 3.93. The monoisotopic (exact) mass is 342 g/mol. The molecule has 0 bridgehead atoms. The second-order valence-electron chi connectivity index (χ2n) is 5.80. The average molecular weight is 342 g/mol. The van der Waals surface area contributed by atoms with Crippen molar-refractivity contribution in [2.24, 2.45) is 0 Å². The van der Waals surface area contributed by atoms with Gasteiger partial charge in [0.15, 0.2) is 9.84 Å². The first-order chi connectivity index (χ1) is 10.7. The smallest absolute Gasteiger partial charge is 0.257 e. The van der Waals surface area contributed by atoms with Crippen molar-refractivity contribution >= 4 is 21.7 Å². The maximum atomic E-state index is 12.5. The van der Waals surface area contributed by atoms with Crippen LogP contribution >= 0.6 is 0 Å². The van der Waals surface area contributed by atoms with Crippen LogP contribution in [0.5, 0.6) is 0 Å². The molecular weight excluding hydrogens is 320 g/mol. The number of likely N-dealkylation sites (tertiary alicyclic amines) is 1. The highest BCUT2D eigenvalue weighted by Gasteiger charge is 2.33. The second kappa shape index (κ2) is 6.74. The van der Waals surface area contributed by atoms with E-state index in [9.17, 15) is 18.0 Å². The number of piperidine rings is 1. The van der Waals surface area contributed by atoms with Crippen LogP contribution in [0.4, 0.5) is 0 Å². The van der Waals surface area contributed by atoms with E-state index < -0.39 is 26.7 Å². The summed E-state index contributed by atoms with van der Waals surface area (Å²) in [6, 6.07) is 1.70. The van der Waals surface area contributed by atoms with Crippen molar-refractivity contribution in [2.45, 2.75) is 31.9 Å². The lowest BCUT2D eigenvalue weighted by Gasteiger charge is -2.31. The van der Waals surface area contributed by atoms with Crippen LogP contribution in [0.15, 0.2) is 10.5 Å². The van der Waals surface area contributed by atoms with Crippen molar-refractivity contribution in [3.8, 4) is 0 Å². The Hall–Kier alpha value is -1.83. The normalized spacial score (nSPS) is 16.4. The number of rotatable bonds is 4. The number of nitrogens with zero attached hydrogens (tertiary/aromatic N) is 1. The predicted molar refractivity (Wildman–Crippen MR) is 85.0 cm³/mol. The van der Waals surface area contributed by atoms with Crippen molar-refractivity contribution in [2.75, 3.05) is 25.9 Å². The van der Waals surface area contributed by atoms with Gasteiger partial charge in [0.05, 0.1) is 10.8 Å². The van der Waals surface area contributed by atoms with Crippen LogP contribution in [0.3, 0.4) is 0 Å². The summed E-state index contributed by atoms with van der Waals surface area (Å²) >= 11 is 0. The van der Waals surface area contributed by atoms with E-state index in [2.05, 4.69) is 5.32 Å². The number of carbonyl (C=O) groups excluding carboxylic acids is 2. The molecule has 7 nitrogen and oxygen atoms in total. The summed E-state index contributed by atoms with van der Waals surface area (Å²) in [4.78, 5) is 25.4. The Morgan fingerprint density at radius 3 is 2.39 bits per heavy atom. The molecule has 2 rings (SSSR count). The molecule has 0 aliphatic carbocycles. The van der Waals surface area contributed by atoms with Gasteiger partial charge in [-0.2, -0.15) is 0 Å². The minimum atomic E-state index is -3.48. The van der Waals surface area contributed by atoms with Crippen LogP contribution in [-0.4, -0.2) is 56.3 Å². The van der Waals surface area contributed by atoms with Crippen molar-refractivity contribution < 1.29 is 22.4 Å². The van der Waals surface area contributed by atoms with Gasteiger partial charge >= 0.3 is 0 Å². The number of hydrogen-bond donors (Lipinski definition) is 1. The standard InChI is InChI=1S/C15H22N2O5S/c1-10-8-13(11(2)22-10)15(19)17-6-4-12(5-7-17)23(20,21)9-14(18)16-3/h8,12H,4-7,9H2,1-3H3,(H,16,18). The van der Waals surface area contributed by atoms with Crippen LogP contribution in [0.25, 0.3) is 0 Å². The average Bonchev–Trinajstić information content (AvgIpc) is 2.84. The first kappa shape index (κ1) is 17.5. The number of nitrogens with one attached hydrogen (secondary N) is 1. The summed E-state index contributed by atoms with van der Waals surface area (Å²) in [7, 11) is -2.07. The Bertz CT molecular complexity index is 699. The Balaban J connectivity index is 2.00. The third-order valence-corrected chi connectivity index (χ3v) is 6.27. The molecular formula is C15H22N2O5S. The van der Waals surface area contributed by atoms with E-state index in [1.54, 1.807) is 24.8 Å². The largest absolute Gasteiger partial charge is 0.466 e. The summed E-state index contributed by atoms with van der Waals surface area (Å²) in [5.41, 5.74) is 0.522. The van der Waals surface area contributed by atoms with Gasteiger partial charge < -0.3 is 14.6 Å². The van der Waals surface area contributed by atoms with E-state index in [0.29, 0.717) is 43.0 Å². The number of sulfone groups is 1. The molecule has 128 valence electrons. The second-order valence-corrected chi connectivity index (χ2v) is 8.08. The highest BCUT2D eigenvalue weighted by Crippen LogP contribution is 2.22. The zero-order valence-corrected chi connectivity index (χ0v) is 14.4. The number of aryl methyl sites for hydroxylation is 2. The van der Waals surface area contributed by atoms with E-state index in [1.165, 1.54) is 7.05 Å². The van der Waals surface area contributed by atoms with Crippen molar-refractivity contribution in [1.82, 2.24) is 10.2 Å². The lowest BCUT2D eigenvalue weighted by atomic mass is 10.1. The SMILES string of the molecule is CNC(=O)CS(=O)(=O)C1CCN(C(=O)c2cc(C)oc2C)CC1. The maximum Gasteiger partial charge on any atom is 0.257 e. The molecule has 0 radical (unpaired) electrons. The Kier molecular flexibility index (Phi) is 5.13. The van der Waals surface area contributed by atoms with Gasteiger partial charge in [0.2, 0.25) is 5.91 Å². The molecule has 1 fully saturated rings. The van der Waals surface area contributed by atoms with Gasteiger partial charge in [0.1, 0.15) is 17.3 Å². The van der Waals surface area contributed by atoms with Crippen LogP contribution in [-0.2, 0) is 14.6 Å². The fourth-order valence-electron chi connectivity index (χ4n) is 2.80. The molecule has 2 amide bonds. The molecule has 1 aromatic heterocycles. The van der Waals surface area contributed by atoms with E-state index >= 15 is 0 Å². The van der Waals surface area contributed by atoms with Crippen molar-refractivity contribution in [3.63, 3.8) is 0 Å². The quantitative estimate of drug-likeness (QED) is 0.867. The van der Waals surface area contributed by atoms with Gasteiger partial charge in [-0.3, -0.25) is 9.59 Å². The summed E-state index contributed by atoms with van der Waals surface area (Å²) in [5.74, 6) is 0.104. The highest BCUT2D eigenvalue weighted by atomic mass is 32.2. The molecule has 23 heavy (non-hydrogen) atoms. The molecule has 1 aliphatic heterocycles. The van der Waals surface area contributed by atoms with Gasteiger partial charge in [-0.25, -0.2) is 8.42 Å². The van der Waals surface area contributed by atoms with Gasteiger partial charge in [0, 0.05) is 20.1 Å². The van der Waals surface area contributed by atoms with Crippen LogP contribution in [0.1, 0.15) is 34.7 Å². The van der Waals surface area contributed by atoms with Gasteiger partial charge in [-0.15, -0.1) is 0 Å². The van der Waals surface area contributed by atoms with Gasteiger partial charge in [0.25, 0.3) is 5.91 Å². The third-order valence-electron chi connectivity index (χ3n) is 4.12. The molecule has 8 heteroatoms. The number of furan rings is 1. The molecule has 0 spiro atoms. The molecule has 0 unspecified atom stereocenters. The minimum Gasteiger partial charge on any atom is -0.466 e. The summed E-state index contributed by atoms with van der Waals surface area (Å²) < 4.78 is 29.7. The molecule has 1 aliphatic rings. The van der Waals surface area contributed by atoms with Crippen molar-refractivity contribution in [3.05, 3.63) is 23.2 Å². The fraction of sp³-hybridized carbons (Fsp3) is 0.600. The lowest BCUT2D eigenvalue weighted by Crippen LogP contribution is -2.44. The van der Waals surface area contributed by atoms with Gasteiger partial charge in [-0.05, 0) is 32.8 Å². The Morgan fingerprint density at radius 1 is 1.30 bits per heavy atom. The first-order valence-corrected chi connectivity index (χ1v) is 9.24. The fourth-order valence-corrected chi connectivity index (χ4v) is 4.48. The summed E-state index contributed by atoms with van der Waals surface area (Å²) in [6.07, 6.45) is 0.696. The lowest BCUT2D eigenvalue weighted by molar-refractivity contribution is -0.118. The Labute approximate surface area is 135 Å². The first-order valence-electron chi connectivity index (χ1n) is 7.53. The van der Waals surface area contributed by atoms with E-state index in [1.807, 2.05) is 0 Å². The number of carbonyl (C=O) groups is 2. The number of amides is 2. The summed E-state index contributed by atoms with van der Waals surface area (Å²) in [5, 5.41) is 1.75. The topological polar surface area (TPSA) is 96.7 Å². The van der Waals surface area contributed by atoms with Crippen molar-refractivity contribution in [1.29, 1.82) is 0 Å². The maximum absolute atomic E-state index is 12.5. The van der Waals surface area contributed by atoms with Crippen LogP contribution in [0.2, 0.25) is 0 Å².